The largest absolute Gasteiger partial charge is 0.512 e. The van der Waals surface area contributed by atoms with E-state index >= 15 is 0 Å². The minimum Gasteiger partial charge on any atom is -0.512 e. The smallest absolute Gasteiger partial charge is 0.164 e. The number of nitrogens with zero attached hydrogens (tertiary/aromatic N) is 1. The van der Waals surface area contributed by atoms with E-state index in [-0.39, 0.29) is 47.9 Å². The summed E-state index contributed by atoms with van der Waals surface area (Å²) >= 11 is 1.82. The Hall–Kier alpha value is -3.31. The van der Waals surface area contributed by atoms with Crippen molar-refractivity contribution in [3.8, 4) is 11.3 Å². The number of aryl methyl sites for hydroxylation is 1. The van der Waals surface area contributed by atoms with Gasteiger partial charge in [0, 0.05) is 74.6 Å². The SMILES string of the molecule is CCC(C)(CC)C(=O)/C=C(\O)C(C)(CC)CC.Cc1cc2c(ccc3oc4c(-c5[c-]c6ccccc6c(C(C)(C)C)c5)nccc4c32)s1.[Ir]. The van der Waals surface area contributed by atoms with E-state index in [1.807, 2.05) is 59.1 Å². The van der Waals surface area contributed by atoms with E-state index in [0.29, 0.717) is 0 Å². The molecule has 0 atom stereocenters. The number of ketones is 1. The topological polar surface area (TPSA) is 63.3 Å². The van der Waals surface area contributed by atoms with Crippen molar-refractivity contribution < 1.29 is 34.4 Å². The zero-order valence-corrected chi connectivity index (χ0v) is 33.8. The first-order valence-electron chi connectivity index (χ1n) is 17.3. The Morgan fingerprint density at radius 2 is 1.53 bits per heavy atom. The van der Waals surface area contributed by atoms with E-state index < -0.39 is 0 Å². The van der Waals surface area contributed by atoms with Crippen LogP contribution >= 0.6 is 11.3 Å². The van der Waals surface area contributed by atoms with Crippen LogP contribution in [0.3, 0.4) is 0 Å². The Bertz CT molecular complexity index is 2140. The number of aliphatic hydroxyl groups excluding tert-OH is 1. The van der Waals surface area contributed by atoms with Gasteiger partial charge in [-0.1, -0.05) is 91.5 Å². The summed E-state index contributed by atoms with van der Waals surface area (Å²) in [4.78, 5) is 18.3. The molecular formula is C43H50IrNO3S-. The minimum absolute atomic E-state index is 0. The molecule has 0 fully saturated rings. The van der Waals surface area contributed by atoms with Gasteiger partial charge in [-0.15, -0.1) is 40.5 Å². The number of carbonyl (C=O) groups is 1. The molecule has 6 rings (SSSR count). The van der Waals surface area contributed by atoms with Crippen LogP contribution in [-0.4, -0.2) is 15.9 Å². The van der Waals surface area contributed by atoms with Crippen LogP contribution < -0.4 is 0 Å². The van der Waals surface area contributed by atoms with E-state index in [1.165, 1.54) is 37.4 Å². The second-order valence-electron chi connectivity index (χ2n) is 14.7. The van der Waals surface area contributed by atoms with Crippen molar-refractivity contribution in [3.05, 3.63) is 89.1 Å². The van der Waals surface area contributed by atoms with Crippen molar-refractivity contribution in [1.82, 2.24) is 4.98 Å². The van der Waals surface area contributed by atoms with Gasteiger partial charge in [-0.3, -0.25) is 9.78 Å². The monoisotopic (exact) mass is 853 g/mol. The second kappa shape index (κ2) is 14.9. The van der Waals surface area contributed by atoms with Gasteiger partial charge in [-0.05, 0) is 62.3 Å². The van der Waals surface area contributed by atoms with Gasteiger partial charge >= 0.3 is 0 Å². The Morgan fingerprint density at radius 1 is 0.878 bits per heavy atom. The van der Waals surface area contributed by atoms with Crippen LogP contribution in [0.5, 0.6) is 0 Å². The molecule has 6 heteroatoms. The number of carbonyl (C=O) groups excluding carboxylic acids is 1. The van der Waals surface area contributed by atoms with Crippen LogP contribution in [0.15, 0.2) is 77.0 Å². The standard InChI is InChI=1S/C28H22NOS.C15H28O2.Ir/c1-16-13-21-24(31-16)10-9-23-25(21)20-11-12-29-26(27(20)30-23)18-14-17-7-5-6-8-19(17)22(15-18)28(2,3)4;1-7-14(5,8-2)12(16)11-13(17)15(6,9-3)10-4;/h5-13,15H,1-4H3;11,16H,7-10H2,1-6H3;/q-1;;/b;12-11-;. The van der Waals surface area contributed by atoms with E-state index in [2.05, 4.69) is 88.4 Å². The predicted octanol–water partition coefficient (Wildman–Crippen LogP) is 13.1. The Balaban J connectivity index is 0.000000260. The van der Waals surface area contributed by atoms with Gasteiger partial charge in [0.15, 0.2) is 5.78 Å². The maximum atomic E-state index is 12.2. The Kier molecular flexibility index (Phi) is 11.7. The summed E-state index contributed by atoms with van der Waals surface area (Å²) < 4.78 is 7.71. The zero-order chi connectivity index (χ0) is 35.0. The van der Waals surface area contributed by atoms with Crippen molar-refractivity contribution >= 4 is 59.9 Å². The average molecular weight is 853 g/mol. The molecule has 0 unspecified atom stereocenters. The van der Waals surface area contributed by atoms with E-state index in [9.17, 15) is 9.90 Å². The summed E-state index contributed by atoms with van der Waals surface area (Å²) in [5.74, 6) is 0.286. The first-order chi connectivity index (χ1) is 22.7. The Labute approximate surface area is 309 Å². The number of benzene rings is 3. The van der Waals surface area contributed by atoms with Crippen molar-refractivity contribution in [2.24, 2.45) is 10.8 Å². The molecule has 0 aliphatic carbocycles. The number of thiophene rings is 1. The number of aromatic nitrogens is 1. The van der Waals surface area contributed by atoms with Crippen molar-refractivity contribution in [3.63, 3.8) is 0 Å². The van der Waals surface area contributed by atoms with E-state index in [1.54, 1.807) is 0 Å². The molecule has 3 heterocycles. The van der Waals surface area contributed by atoms with Gasteiger partial charge in [-0.25, -0.2) is 0 Å². The third-order valence-electron chi connectivity index (χ3n) is 10.6. The summed E-state index contributed by atoms with van der Waals surface area (Å²) in [6.45, 7) is 21.0. The maximum absolute atomic E-state index is 12.2. The molecule has 0 saturated heterocycles. The normalized spacial score (nSPS) is 12.7. The molecule has 0 spiro atoms. The van der Waals surface area contributed by atoms with Crippen LogP contribution in [0, 0.1) is 23.8 Å². The summed E-state index contributed by atoms with van der Waals surface area (Å²) in [7, 11) is 0. The van der Waals surface area contributed by atoms with Crippen LogP contribution in [0.2, 0.25) is 0 Å². The number of rotatable bonds is 8. The summed E-state index contributed by atoms with van der Waals surface area (Å²) in [6, 6.07) is 22.9. The summed E-state index contributed by atoms with van der Waals surface area (Å²) in [5.41, 5.74) is 4.27. The maximum Gasteiger partial charge on any atom is 0.164 e. The van der Waals surface area contributed by atoms with Crippen LogP contribution in [0.4, 0.5) is 0 Å². The minimum atomic E-state index is -0.337. The molecule has 4 nitrogen and oxygen atoms in total. The van der Waals surface area contributed by atoms with Gasteiger partial charge in [0.25, 0.3) is 0 Å². The molecule has 1 radical (unpaired) electrons. The fourth-order valence-corrected chi connectivity index (χ4v) is 7.22. The third-order valence-corrected chi connectivity index (χ3v) is 11.6. The third kappa shape index (κ3) is 7.43. The number of aliphatic hydroxyl groups is 1. The van der Waals surface area contributed by atoms with Crippen molar-refractivity contribution in [1.29, 1.82) is 0 Å². The van der Waals surface area contributed by atoms with Gasteiger partial charge in [0.1, 0.15) is 16.9 Å². The van der Waals surface area contributed by atoms with Gasteiger partial charge in [0.05, 0.1) is 0 Å². The number of fused-ring (bicyclic) bond motifs is 6. The van der Waals surface area contributed by atoms with Crippen LogP contribution in [-0.2, 0) is 30.3 Å². The Morgan fingerprint density at radius 3 is 2.16 bits per heavy atom. The zero-order valence-electron chi connectivity index (χ0n) is 30.6. The molecule has 0 aliphatic rings. The van der Waals surface area contributed by atoms with Gasteiger partial charge in [-0.2, -0.15) is 0 Å². The van der Waals surface area contributed by atoms with Gasteiger partial charge < -0.3 is 9.52 Å². The van der Waals surface area contributed by atoms with Crippen LogP contribution in [0.25, 0.3) is 54.1 Å². The predicted molar refractivity (Wildman–Crippen MR) is 205 cm³/mol. The molecule has 0 aliphatic heterocycles. The molecular weight excluding hydrogens is 803 g/mol. The molecule has 0 amide bonds. The van der Waals surface area contributed by atoms with Crippen LogP contribution in [0.1, 0.15) is 98.4 Å². The summed E-state index contributed by atoms with van der Waals surface area (Å²) in [6.07, 6.45) is 6.65. The number of hydrogen-bond acceptors (Lipinski definition) is 5. The van der Waals surface area contributed by atoms with Gasteiger partial charge in [0.2, 0.25) is 0 Å². The van der Waals surface area contributed by atoms with Crippen molar-refractivity contribution in [2.75, 3.05) is 0 Å². The van der Waals surface area contributed by atoms with E-state index in [0.717, 1.165) is 58.9 Å². The van der Waals surface area contributed by atoms with E-state index in [4.69, 9.17) is 9.40 Å². The molecule has 261 valence electrons. The first kappa shape index (κ1) is 38.5. The fourth-order valence-electron chi connectivity index (χ4n) is 6.29. The number of allylic oxidation sites excluding steroid dienone is 2. The molecule has 6 aromatic rings. The average Bonchev–Trinajstić information content (AvgIpc) is 3.66. The quantitative estimate of drug-likeness (QED) is 0.0941. The number of pyridine rings is 1. The molecule has 3 aromatic carbocycles. The molecule has 1 N–H and O–H groups in total. The molecule has 0 saturated carbocycles. The number of hydrogen-bond donors (Lipinski definition) is 1. The second-order valence-corrected chi connectivity index (χ2v) is 16.0. The van der Waals surface area contributed by atoms with Crippen molar-refractivity contribution in [2.45, 2.75) is 100 Å². The number of furan rings is 1. The molecule has 3 aromatic heterocycles. The summed E-state index contributed by atoms with van der Waals surface area (Å²) in [5, 5.41) is 16.0. The molecule has 0 bridgehead atoms. The molecule has 49 heavy (non-hydrogen) atoms. The first-order valence-corrected chi connectivity index (χ1v) is 18.1. The fraction of sp³-hybridized carbons (Fsp3) is 0.395.